The van der Waals surface area contributed by atoms with Crippen LogP contribution in [0.25, 0.3) is 57.5 Å². The van der Waals surface area contributed by atoms with Gasteiger partial charge < -0.3 is 11.1 Å². The van der Waals surface area contributed by atoms with E-state index < -0.39 is 0 Å². The topological polar surface area (TPSA) is 38.0 Å². The van der Waals surface area contributed by atoms with Crippen molar-refractivity contribution in [2.45, 2.75) is 109 Å². The van der Waals surface area contributed by atoms with Gasteiger partial charge in [-0.1, -0.05) is 194 Å². The average Bonchev–Trinajstić information content (AvgIpc) is 3.40. The van der Waals surface area contributed by atoms with Crippen LogP contribution in [0.5, 0.6) is 0 Å². The quantitative estimate of drug-likeness (QED) is 0.138. The number of nitrogens with two attached hydrogens (primary N) is 1. The van der Waals surface area contributed by atoms with E-state index in [4.69, 9.17) is 12.3 Å². The standard InChI is InChI=1S/C70H72N2/c1-3-16-47-35-48(29-32-71)38-51(37-47)41-52-18-5-9-22-60(52)67(59-21-8-4-17-46(59)2)56-43-57(68-61-23-10-6-19-53(61)42-54-20-7-11-24-62(54)68)45-58(44-56)70-65-27-14-12-25-63(65)69(64-26-13-15-28-66(64)70)55-39-49-30-33-72-34-31-50(36-49)40-55/h4-6,8-10,12-14,17,19-27,36-39,42-43,45,47,52,55,58,72H,2-3,7,11,15-16,18,28-35,40-41,44,71H2,1H3/b67-59-. The fourth-order valence-electron chi connectivity index (χ4n) is 14.1. The predicted octanol–water partition coefficient (Wildman–Crippen LogP) is 13.7. The molecule has 12 rings (SSSR count). The van der Waals surface area contributed by atoms with Gasteiger partial charge in [-0.05, 0) is 214 Å². The Morgan fingerprint density at radius 3 is 2.44 bits per heavy atom. The van der Waals surface area contributed by atoms with E-state index in [1.54, 1.807) is 16.7 Å². The molecule has 1 heterocycles. The summed E-state index contributed by atoms with van der Waals surface area (Å²) in [4.78, 5) is 0. The van der Waals surface area contributed by atoms with Crippen molar-refractivity contribution in [3.05, 3.63) is 222 Å². The van der Waals surface area contributed by atoms with Crippen molar-refractivity contribution >= 4 is 57.5 Å². The minimum atomic E-state index is 0.147. The average molecular weight is 941 g/mol. The zero-order valence-corrected chi connectivity index (χ0v) is 42.6. The van der Waals surface area contributed by atoms with E-state index in [2.05, 4.69) is 170 Å². The highest BCUT2D eigenvalue weighted by Crippen LogP contribution is 2.50. The van der Waals surface area contributed by atoms with Gasteiger partial charge in [-0.2, -0.15) is 0 Å². The highest BCUT2D eigenvalue weighted by Gasteiger charge is 2.33. The maximum atomic E-state index is 6.23. The first-order valence-corrected chi connectivity index (χ1v) is 27.8. The summed E-state index contributed by atoms with van der Waals surface area (Å²) in [6, 6.07) is 30.2. The molecule has 2 nitrogen and oxygen atoms in total. The number of nitrogens with one attached hydrogen (secondary N) is 1. The van der Waals surface area contributed by atoms with Crippen molar-refractivity contribution in [1.82, 2.24) is 5.32 Å². The molecule has 7 aliphatic rings. The normalized spacial score (nSPS) is 23.1. The molecule has 2 heteroatoms. The molecule has 5 aromatic rings. The van der Waals surface area contributed by atoms with Crippen LogP contribution in [0.3, 0.4) is 0 Å². The van der Waals surface area contributed by atoms with Gasteiger partial charge in [-0.3, -0.25) is 0 Å². The lowest BCUT2D eigenvalue weighted by molar-refractivity contribution is 0.544. The third-order valence-corrected chi connectivity index (χ3v) is 17.1. The first-order valence-electron chi connectivity index (χ1n) is 27.8. The maximum Gasteiger partial charge on any atom is 0.00769 e. The SMILES string of the molecule is C=c1cccc/c1=C(\C1=CC(c2c3c(cc4ccccc24)=CCCC=3)=CC(c2c3c(c(C4C=C5C=C(CCNCC5)C4)c4ccccc24)C=CCC3)C1)C1=CC=CCC1CC1=CC(CCC)CC(CCN)=C1. The van der Waals surface area contributed by atoms with E-state index in [-0.39, 0.29) is 5.92 Å². The summed E-state index contributed by atoms with van der Waals surface area (Å²) in [6.45, 7) is 9.96. The molecule has 4 unspecified atom stereocenters. The van der Waals surface area contributed by atoms with Gasteiger partial charge in [0.05, 0.1) is 0 Å². The van der Waals surface area contributed by atoms with E-state index in [0.29, 0.717) is 24.3 Å². The maximum absolute atomic E-state index is 6.23. The van der Waals surface area contributed by atoms with Gasteiger partial charge >= 0.3 is 0 Å². The Morgan fingerprint density at radius 2 is 1.57 bits per heavy atom. The highest BCUT2D eigenvalue weighted by atomic mass is 14.8. The van der Waals surface area contributed by atoms with Crippen LogP contribution in [-0.2, 0) is 6.42 Å². The van der Waals surface area contributed by atoms with Crippen molar-refractivity contribution < 1.29 is 0 Å². The number of hydrogen-bond acceptors (Lipinski definition) is 2. The van der Waals surface area contributed by atoms with E-state index in [1.165, 1.54) is 106 Å². The van der Waals surface area contributed by atoms with Crippen LogP contribution < -0.4 is 31.9 Å². The Balaban J connectivity index is 1.09. The zero-order chi connectivity index (χ0) is 48.5. The third kappa shape index (κ3) is 9.11. The monoisotopic (exact) mass is 941 g/mol. The predicted molar refractivity (Wildman–Crippen MR) is 309 cm³/mol. The number of fused-ring (bicyclic) bond motifs is 5. The molecule has 6 aliphatic carbocycles. The molecular weight excluding hydrogens is 869 g/mol. The van der Waals surface area contributed by atoms with Gasteiger partial charge in [-0.15, -0.1) is 0 Å². The minimum absolute atomic E-state index is 0.147. The van der Waals surface area contributed by atoms with Gasteiger partial charge in [0, 0.05) is 11.8 Å². The molecule has 4 atom stereocenters. The zero-order valence-electron chi connectivity index (χ0n) is 42.6. The van der Waals surface area contributed by atoms with Crippen molar-refractivity contribution in [3.63, 3.8) is 0 Å². The molecule has 1 aliphatic heterocycles. The molecular formula is C70H72N2. The van der Waals surface area contributed by atoms with Crippen molar-refractivity contribution in [2.24, 2.45) is 17.6 Å². The van der Waals surface area contributed by atoms with E-state index in [1.807, 2.05) is 0 Å². The molecule has 72 heavy (non-hydrogen) atoms. The summed E-state index contributed by atoms with van der Waals surface area (Å²) in [6.07, 6.45) is 48.0. The molecule has 2 bridgehead atoms. The molecule has 3 N–H and O–H groups in total. The first-order chi connectivity index (χ1) is 35.5. The van der Waals surface area contributed by atoms with Gasteiger partial charge in [0.1, 0.15) is 0 Å². The Bertz CT molecular complexity index is 3540. The molecule has 362 valence electrons. The van der Waals surface area contributed by atoms with Gasteiger partial charge in [0.2, 0.25) is 0 Å². The molecule has 0 amide bonds. The summed E-state index contributed by atoms with van der Waals surface area (Å²) in [5.74, 6) is 1.43. The lowest BCUT2D eigenvalue weighted by atomic mass is 9.70. The fraction of sp³-hybridized carbons (Fsp3) is 0.314. The number of rotatable bonds is 11. The van der Waals surface area contributed by atoms with Crippen LogP contribution in [0.15, 0.2) is 173 Å². The fourth-order valence-corrected chi connectivity index (χ4v) is 14.1. The molecule has 0 aromatic heterocycles. The number of hydrogen-bond donors (Lipinski definition) is 2. The van der Waals surface area contributed by atoms with Crippen molar-refractivity contribution in [2.75, 3.05) is 19.6 Å². The second-order valence-corrected chi connectivity index (χ2v) is 21.9. The number of benzene rings is 5. The van der Waals surface area contributed by atoms with Gasteiger partial charge in [0.25, 0.3) is 0 Å². The summed E-state index contributed by atoms with van der Waals surface area (Å²) in [7, 11) is 0. The Hall–Kier alpha value is -6.32. The largest absolute Gasteiger partial charge is 0.330 e. The molecule has 5 aromatic carbocycles. The van der Waals surface area contributed by atoms with E-state index in [0.717, 1.165) is 95.4 Å². The Kier molecular flexibility index (Phi) is 13.4. The minimum Gasteiger partial charge on any atom is -0.330 e. The smallest absolute Gasteiger partial charge is 0.00769 e. The van der Waals surface area contributed by atoms with E-state index in [9.17, 15) is 0 Å². The second kappa shape index (κ2) is 20.7. The summed E-state index contributed by atoms with van der Waals surface area (Å²) < 4.78 is 0. The summed E-state index contributed by atoms with van der Waals surface area (Å²) >= 11 is 0. The first kappa shape index (κ1) is 46.7. The van der Waals surface area contributed by atoms with Gasteiger partial charge in [-0.25, -0.2) is 0 Å². The molecule has 0 saturated heterocycles. The molecule has 0 spiro atoms. The summed E-state index contributed by atoms with van der Waals surface area (Å²) in [5.41, 5.74) is 25.5. The van der Waals surface area contributed by atoms with Crippen LogP contribution in [0.1, 0.15) is 130 Å². The van der Waals surface area contributed by atoms with Gasteiger partial charge in [0.15, 0.2) is 0 Å². The van der Waals surface area contributed by atoms with Crippen LogP contribution in [0.2, 0.25) is 0 Å². The van der Waals surface area contributed by atoms with Crippen molar-refractivity contribution in [1.29, 1.82) is 0 Å². The molecule has 0 radical (unpaired) electrons. The highest BCUT2D eigenvalue weighted by molar-refractivity contribution is 6.01. The van der Waals surface area contributed by atoms with Crippen LogP contribution in [-0.4, -0.2) is 19.6 Å². The molecule has 0 saturated carbocycles. The third-order valence-electron chi connectivity index (χ3n) is 17.1. The molecule has 0 fully saturated rings. The Labute approximate surface area is 428 Å². The summed E-state index contributed by atoms with van der Waals surface area (Å²) in [5, 5.41) is 14.3. The second-order valence-electron chi connectivity index (χ2n) is 21.9. The van der Waals surface area contributed by atoms with Crippen molar-refractivity contribution in [3.8, 4) is 0 Å². The van der Waals surface area contributed by atoms with Crippen LogP contribution in [0, 0.1) is 11.8 Å². The number of allylic oxidation sites excluding steroid dienone is 14. The van der Waals surface area contributed by atoms with Crippen LogP contribution in [0.4, 0.5) is 0 Å². The lowest BCUT2D eigenvalue weighted by Gasteiger charge is -2.34. The van der Waals surface area contributed by atoms with Crippen LogP contribution >= 0.6 is 0 Å². The van der Waals surface area contributed by atoms with E-state index >= 15 is 0 Å². The lowest BCUT2D eigenvalue weighted by Crippen LogP contribution is -2.31. The Morgan fingerprint density at radius 1 is 0.764 bits per heavy atom.